The summed E-state index contributed by atoms with van der Waals surface area (Å²) >= 11 is 14.0. The Kier molecular flexibility index (Phi) is 4.95. The number of para-hydroxylation sites is 1. The van der Waals surface area contributed by atoms with Crippen molar-refractivity contribution in [2.45, 2.75) is 0 Å². The Morgan fingerprint density at radius 1 is 1.13 bits per heavy atom. The Balaban J connectivity index is 1.65. The Bertz CT molecular complexity index is 1470. The minimum absolute atomic E-state index is 0.399. The molecule has 3 aromatic heterocycles. The fourth-order valence-electron chi connectivity index (χ4n) is 3.33. The topological polar surface area (TPSA) is 71.1 Å². The molecule has 31 heavy (non-hydrogen) atoms. The lowest BCUT2D eigenvalue weighted by molar-refractivity contribution is 0.415. The summed E-state index contributed by atoms with van der Waals surface area (Å²) in [5.74, 6) is 1.23. The molecule has 5 aromatic rings. The average Bonchev–Trinajstić information content (AvgIpc) is 3.39. The lowest BCUT2D eigenvalue weighted by atomic mass is 10.2. The van der Waals surface area contributed by atoms with E-state index in [2.05, 4.69) is 16.4 Å². The van der Waals surface area contributed by atoms with Gasteiger partial charge in [0.25, 0.3) is 0 Å². The van der Waals surface area contributed by atoms with Crippen LogP contribution >= 0.6 is 34.5 Å². The van der Waals surface area contributed by atoms with Crippen molar-refractivity contribution in [1.82, 2.24) is 4.98 Å². The number of nitriles is 1. The molecule has 3 heterocycles. The van der Waals surface area contributed by atoms with Crippen molar-refractivity contribution in [3.8, 4) is 22.5 Å². The molecule has 0 aliphatic rings. The van der Waals surface area contributed by atoms with Crippen LogP contribution in [0.25, 0.3) is 31.8 Å². The van der Waals surface area contributed by atoms with Crippen molar-refractivity contribution in [2.24, 2.45) is 0 Å². The Hall–Kier alpha value is -3.24. The number of fused-ring (bicyclic) bond motifs is 2. The fraction of sp³-hybridized carbons (Fsp3) is 0.0435. The highest BCUT2D eigenvalue weighted by Gasteiger charge is 2.17. The molecule has 1 N–H and O–H groups in total. The van der Waals surface area contributed by atoms with Crippen LogP contribution in [0.4, 0.5) is 11.4 Å². The van der Waals surface area contributed by atoms with Gasteiger partial charge in [-0.05, 0) is 24.3 Å². The number of halogens is 2. The average molecular weight is 466 g/mol. The van der Waals surface area contributed by atoms with E-state index < -0.39 is 0 Å². The maximum Gasteiger partial charge on any atom is 0.145 e. The molecule has 0 amide bonds. The van der Waals surface area contributed by atoms with E-state index in [0.29, 0.717) is 32.7 Å². The molecule has 152 valence electrons. The van der Waals surface area contributed by atoms with E-state index in [4.69, 9.17) is 32.4 Å². The molecule has 0 spiro atoms. The number of nitrogens with one attached hydrogen (secondary N) is 1. The van der Waals surface area contributed by atoms with Gasteiger partial charge in [-0.25, -0.2) is 0 Å². The van der Waals surface area contributed by atoms with Gasteiger partial charge in [0, 0.05) is 17.6 Å². The molecule has 2 aromatic carbocycles. The number of hydrogen-bond donors (Lipinski definition) is 1. The lowest BCUT2D eigenvalue weighted by Gasteiger charge is -2.13. The number of benzene rings is 2. The molecule has 8 heteroatoms. The van der Waals surface area contributed by atoms with E-state index in [1.807, 2.05) is 36.4 Å². The van der Waals surface area contributed by atoms with Crippen LogP contribution in [0.3, 0.4) is 0 Å². The molecule has 0 radical (unpaired) electrons. The molecular weight excluding hydrogens is 453 g/mol. The Morgan fingerprint density at radius 3 is 2.74 bits per heavy atom. The molecule has 0 aliphatic carbocycles. The molecular formula is C23H13Cl2N3O2S. The summed E-state index contributed by atoms with van der Waals surface area (Å²) in [7, 11) is 1.53. The first-order chi connectivity index (χ1) is 15.1. The zero-order valence-corrected chi connectivity index (χ0v) is 18.4. The summed E-state index contributed by atoms with van der Waals surface area (Å²) in [6.45, 7) is 0. The van der Waals surface area contributed by atoms with Crippen molar-refractivity contribution in [2.75, 3.05) is 12.4 Å². The number of rotatable bonds is 4. The van der Waals surface area contributed by atoms with Crippen LogP contribution < -0.4 is 10.1 Å². The van der Waals surface area contributed by atoms with Crippen molar-refractivity contribution in [3.05, 3.63) is 70.3 Å². The quantitative estimate of drug-likeness (QED) is 0.295. The number of furan rings is 1. The van der Waals surface area contributed by atoms with Crippen LogP contribution in [0, 0.1) is 11.3 Å². The van der Waals surface area contributed by atoms with Gasteiger partial charge >= 0.3 is 0 Å². The first-order valence-corrected chi connectivity index (χ1v) is 10.8. The highest BCUT2D eigenvalue weighted by Crippen LogP contribution is 2.42. The van der Waals surface area contributed by atoms with Crippen molar-refractivity contribution in [3.63, 3.8) is 0 Å². The molecule has 0 saturated carbocycles. The third-order valence-corrected chi connectivity index (χ3v) is 6.60. The highest BCUT2D eigenvalue weighted by molar-refractivity contribution is 7.22. The van der Waals surface area contributed by atoms with Gasteiger partial charge in [-0.3, -0.25) is 4.98 Å². The summed E-state index contributed by atoms with van der Waals surface area (Å²) in [5.41, 5.74) is 3.16. The molecule has 0 bridgehead atoms. The first kappa shape index (κ1) is 19.7. The summed E-state index contributed by atoms with van der Waals surface area (Å²) in [4.78, 5) is 5.37. The summed E-state index contributed by atoms with van der Waals surface area (Å²) in [5, 5.41) is 14.8. The largest absolute Gasteiger partial charge is 0.495 e. The zero-order chi connectivity index (χ0) is 21.5. The van der Waals surface area contributed by atoms with Crippen LogP contribution in [0.15, 0.2) is 59.1 Å². The van der Waals surface area contributed by atoms with E-state index in [-0.39, 0.29) is 0 Å². The number of aromatic nitrogens is 1. The van der Waals surface area contributed by atoms with Crippen LogP contribution in [-0.2, 0) is 0 Å². The first-order valence-electron chi connectivity index (χ1n) is 9.19. The van der Waals surface area contributed by atoms with Gasteiger partial charge < -0.3 is 14.5 Å². The monoisotopic (exact) mass is 465 g/mol. The van der Waals surface area contributed by atoms with E-state index in [0.717, 1.165) is 31.8 Å². The van der Waals surface area contributed by atoms with E-state index in [1.165, 1.54) is 18.4 Å². The smallest absolute Gasteiger partial charge is 0.145 e. The zero-order valence-electron chi connectivity index (χ0n) is 16.1. The fourth-order valence-corrected chi connectivity index (χ4v) is 4.91. The number of nitrogens with zero attached hydrogens (tertiary/aromatic N) is 2. The number of ether oxygens (including phenoxy) is 1. The summed E-state index contributed by atoms with van der Waals surface area (Å²) < 4.78 is 12.1. The second-order valence-electron chi connectivity index (χ2n) is 6.72. The van der Waals surface area contributed by atoms with Gasteiger partial charge in [0.2, 0.25) is 0 Å². The van der Waals surface area contributed by atoms with Crippen molar-refractivity contribution >= 4 is 67.1 Å². The summed E-state index contributed by atoms with van der Waals surface area (Å²) in [6.07, 6.45) is 1.54. The summed E-state index contributed by atoms with van der Waals surface area (Å²) in [6, 6.07) is 17.3. The SMILES string of the molecule is COc1cc(Nc2c(C#N)cnc3cc(-c4cc5ccccc5o4)sc23)c(Cl)cc1Cl. The van der Waals surface area contributed by atoms with E-state index >= 15 is 0 Å². The van der Waals surface area contributed by atoms with Crippen molar-refractivity contribution in [1.29, 1.82) is 5.26 Å². The van der Waals surface area contributed by atoms with Gasteiger partial charge in [-0.1, -0.05) is 41.4 Å². The van der Waals surface area contributed by atoms with Crippen LogP contribution in [0.1, 0.15) is 5.56 Å². The van der Waals surface area contributed by atoms with Crippen LogP contribution in [0.2, 0.25) is 10.0 Å². The number of methoxy groups -OCH3 is 1. The third kappa shape index (κ3) is 3.47. The normalized spacial score (nSPS) is 11.0. The molecule has 0 aliphatic heterocycles. The minimum Gasteiger partial charge on any atom is -0.495 e. The predicted molar refractivity (Wildman–Crippen MR) is 126 cm³/mol. The standard InChI is InChI=1S/C23H13Cl2N3O2S/c1-29-19-8-16(14(24)7-15(19)25)28-22-13(10-26)11-27-17-9-21(31-23(17)22)20-6-12-4-2-3-5-18(12)30-20/h2-9,11H,1H3,(H,27,28). The molecule has 0 atom stereocenters. The third-order valence-electron chi connectivity index (χ3n) is 4.83. The molecule has 5 nitrogen and oxygen atoms in total. The van der Waals surface area contributed by atoms with Crippen molar-refractivity contribution < 1.29 is 9.15 Å². The number of hydrogen-bond acceptors (Lipinski definition) is 6. The molecule has 0 unspecified atom stereocenters. The Morgan fingerprint density at radius 2 is 1.97 bits per heavy atom. The Labute approximate surface area is 191 Å². The predicted octanol–water partition coefficient (Wildman–Crippen LogP) is 7.64. The number of pyridine rings is 1. The molecule has 5 rings (SSSR count). The van der Waals surface area contributed by atoms with Crippen LogP contribution in [-0.4, -0.2) is 12.1 Å². The van der Waals surface area contributed by atoms with Crippen LogP contribution in [0.5, 0.6) is 5.75 Å². The number of anilines is 2. The molecule has 0 saturated heterocycles. The molecule has 0 fully saturated rings. The number of thiophene rings is 1. The van der Waals surface area contributed by atoms with Gasteiger partial charge in [-0.2, -0.15) is 5.26 Å². The van der Waals surface area contributed by atoms with Gasteiger partial charge in [0.05, 0.1) is 49.2 Å². The lowest BCUT2D eigenvalue weighted by Crippen LogP contribution is -1.97. The van der Waals surface area contributed by atoms with E-state index in [1.54, 1.807) is 18.3 Å². The van der Waals surface area contributed by atoms with Gasteiger partial charge in [0.15, 0.2) is 0 Å². The maximum absolute atomic E-state index is 9.67. The maximum atomic E-state index is 9.67. The van der Waals surface area contributed by atoms with Gasteiger partial charge in [-0.15, -0.1) is 11.3 Å². The van der Waals surface area contributed by atoms with Gasteiger partial charge in [0.1, 0.15) is 23.2 Å². The highest BCUT2D eigenvalue weighted by atomic mass is 35.5. The minimum atomic E-state index is 0.399. The van der Waals surface area contributed by atoms with E-state index in [9.17, 15) is 5.26 Å². The second kappa shape index (κ2) is 7.78. The second-order valence-corrected chi connectivity index (χ2v) is 8.59.